The summed E-state index contributed by atoms with van der Waals surface area (Å²) in [4.78, 5) is 0. The van der Waals surface area contributed by atoms with Gasteiger partial charge in [0.1, 0.15) is 5.75 Å². The van der Waals surface area contributed by atoms with Gasteiger partial charge in [-0.1, -0.05) is 18.7 Å². The second-order valence-electron chi connectivity index (χ2n) is 4.09. The number of fused-ring (bicyclic) bond motifs is 1. The van der Waals surface area contributed by atoms with Crippen LogP contribution in [0.25, 0.3) is 5.57 Å². The lowest BCUT2D eigenvalue weighted by atomic mass is 9.88. The van der Waals surface area contributed by atoms with Gasteiger partial charge >= 0.3 is 0 Å². The molecule has 1 nitrogen and oxygen atoms in total. The Morgan fingerprint density at radius 3 is 2.71 bits per heavy atom. The third kappa shape index (κ3) is 1.43. The van der Waals surface area contributed by atoms with Crippen LogP contribution in [0.4, 0.5) is 0 Å². The third-order valence-corrected chi connectivity index (χ3v) is 2.96. The molecule has 0 aliphatic heterocycles. The highest BCUT2D eigenvalue weighted by Crippen LogP contribution is 2.34. The van der Waals surface area contributed by atoms with Crippen molar-refractivity contribution in [3.8, 4) is 5.75 Å². The standard InChI is InChI=1S/C13H16O/c1-9(2)11-8-7-10-5-3-4-6-12(10)13(11)14/h7-8,14H,1,3-6H2,2H3. The van der Waals surface area contributed by atoms with E-state index in [1.807, 2.05) is 13.0 Å². The molecule has 0 heterocycles. The SMILES string of the molecule is C=C(C)c1ccc2c(c1O)CCCC2. The average molecular weight is 188 g/mol. The summed E-state index contributed by atoms with van der Waals surface area (Å²) in [7, 11) is 0. The zero-order valence-electron chi connectivity index (χ0n) is 8.64. The summed E-state index contributed by atoms with van der Waals surface area (Å²) < 4.78 is 0. The van der Waals surface area contributed by atoms with Crippen molar-refractivity contribution in [2.24, 2.45) is 0 Å². The molecule has 1 N–H and O–H groups in total. The van der Waals surface area contributed by atoms with Gasteiger partial charge in [-0.25, -0.2) is 0 Å². The molecule has 0 atom stereocenters. The van der Waals surface area contributed by atoms with E-state index in [-0.39, 0.29) is 0 Å². The first-order valence-electron chi connectivity index (χ1n) is 5.19. The van der Waals surface area contributed by atoms with Crippen molar-refractivity contribution in [2.75, 3.05) is 0 Å². The Bertz CT molecular complexity index is 377. The zero-order valence-corrected chi connectivity index (χ0v) is 8.64. The molecule has 74 valence electrons. The van der Waals surface area contributed by atoms with Crippen LogP contribution in [0, 0.1) is 0 Å². The van der Waals surface area contributed by atoms with Gasteiger partial charge < -0.3 is 5.11 Å². The monoisotopic (exact) mass is 188 g/mol. The van der Waals surface area contributed by atoms with Gasteiger partial charge in [-0.05, 0) is 49.3 Å². The van der Waals surface area contributed by atoms with Crippen molar-refractivity contribution in [2.45, 2.75) is 32.6 Å². The van der Waals surface area contributed by atoms with Crippen LogP contribution in [-0.4, -0.2) is 5.11 Å². The van der Waals surface area contributed by atoms with E-state index >= 15 is 0 Å². The molecular formula is C13H16O. The van der Waals surface area contributed by atoms with Gasteiger partial charge in [-0.15, -0.1) is 0 Å². The number of aryl methyl sites for hydroxylation is 1. The summed E-state index contributed by atoms with van der Waals surface area (Å²) in [5.74, 6) is 0.467. The van der Waals surface area contributed by atoms with Crippen LogP contribution < -0.4 is 0 Å². The summed E-state index contributed by atoms with van der Waals surface area (Å²) in [6.07, 6.45) is 4.57. The first-order valence-corrected chi connectivity index (χ1v) is 5.19. The zero-order chi connectivity index (χ0) is 10.1. The van der Waals surface area contributed by atoms with E-state index in [4.69, 9.17) is 0 Å². The van der Waals surface area contributed by atoms with E-state index in [0.717, 1.165) is 29.5 Å². The molecule has 0 amide bonds. The Morgan fingerprint density at radius 1 is 1.29 bits per heavy atom. The van der Waals surface area contributed by atoms with E-state index in [9.17, 15) is 5.11 Å². The van der Waals surface area contributed by atoms with Crippen molar-refractivity contribution in [3.63, 3.8) is 0 Å². The lowest BCUT2D eigenvalue weighted by molar-refractivity contribution is 0.460. The summed E-state index contributed by atoms with van der Waals surface area (Å²) in [6.45, 7) is 5.81. The van der Waals surface area contributed by atoms with Gasteiger partial charge in [-0.2, -0.15) is 0 Å². The van der Waals surface area contributed by atoms with Crippen molar-refractivity contribution < 1.29 is 5.11 Å². The minimum absolute atomic E-state index is 0.467. The predicted molar refractivity (Wildman–Crippen MR) is 59.5 cm³/mol. The highest BCUT2D eigenvalue weighted by molar-refractivity contribution is 5.69. The van der Waals surface area contributed by atoms with Crippen LogP contribution in [0.5, 0.6) is 5.75 Å². The van der Waals surface area contributed by atoms with E-state index in [1.54, 1.807) is 0 Å². The van der Waals surface area contributed by atoms with E-state index in [2.05, 4.69) is 12.6 Å². The molecule has 0 saturated carbocycles. The molecule has 1 aromatic carbocycles. The van der Waals surface area contributed by atoms with Gasteiger partial charge in [0.25, 0.3) is 0 Å². The highest BCUT2D eigenvalue weighted by Gasteiger charge is 2.15. The van der Waals surface area contributed by atoms with E-state index in [1.165, 1.54) is 18.4 Å². The molecule has 0 radical (unpaired) electrons. The highest BCUT2D eigenvalue weighted by atomic mass is 16.3. The van der Waals surface area contributed by atoms with Crippen LogP contribution in [0.3, 0.4) is 0 Å². The summed E-state index contributed by atoms with van der Waals surface area (Å²) in [5.41, 5.74) is 4.32. The fourth-order valence-electron chi connectivity index (χ4n) is 2.15. The minimum atomic E-state index is 0.467. The number of rotatable bonds is 1. The topological polar surface area (TPSA) is 20.2 Å². The molecule has 0 aromatic heterocycles. The van der Waals surface area contributed by atoms with Crippen molar-refractivity contribution >= 4 is 5.57 Å². The lowest BCUT2D eigenvalue weighted by Gasteiger charge is -2.18. The van der Waals surface area contributed by atoms with Crippen LogP contribution in [-0.2, 0) is 12.8 Å². The summed E-state index contributed by atoms with van der Waals surface area (Å²) in [5, 5.41) is 10.0. The second-order valence-corrected chi connectivity index (χ2v) is 4.09. The Morgan fingerprint density at radius 2 is 2.00 bits per heavy atom. The molecule has 1 aromatic rings. The van der Waals surface area contributed by atoms with Crippen molar-refractivity contribution in [3.05, 3.63) is 35.4 Å². The Labute approximate surface area is 85.1 Å². The molecule has 1 aliphatic rings. The van der Waals surface area contributed by atoms with Crippen LogP contribution in [0.1, 0.15) is 36.5 Å². The quantitative estimate of drug-likeness (QED) is 0.717. The smallest absolute Gasteiger partial charge is 0.126 e. The molecular weight excluding hydrogens is 172 g/mol. The number of aromatic hydroxyl groups is 1. The van der Waals surface area contributed by atoms with Crippen LogP contribution in [0.2, 0.25) is 0 Å². The Hall–Kier alpha value is -1.24. The fourth-order valence-corrected chi connectivity index (χ4v) is 2.15. The Balaban J connectivity index is 2.54. The maximum absolute atomic E-state index is 10.0. The number of benzene rings is 1. The fraction of sp³-hybridized carbons (Fsp3) is 0.385. The van der Waals surface area contributed by atoms with Crippen molar-refractivity contribution in [1.82, 2.24) is 0 Å². The van der Waals surface area contributed by atoms with E-state index < -0.39 is 0 Å². The number of phenolic OH excluding ortho intramolecular Hbond substituents is 1. The first-order chi connectivity index (χ1) is 6.70. The predicted octanol–water partition coefficient (Wildman–Crippen LogP) is 3.30. The minimum Gasteiger partial charge on any atom is -0.507 e. The molecule has 0 unspecified atom stereocenters. The molecule has 0 spiro atoms. The van der Waals surface area contributed by atoms with Gasteiger partial charge in [0.05, 0.1) is 0 Å². The number of hydrogen-bond acceptors (Lipinski definition) is 1. The largest absolute Gasteiger partial charge is 0.507 e. The summed E-state index contributed by atoms with van der Waals surface area (Å²) >= 11 is 0. The molecule has 0 saturated heterocycles. The van der Waals surface area contributed by atoms with Crippen LogP contribution in [0.15, 0.2) is 18.7 Å². The van der Waals surface area contributed by atoms with Gasteiger partial charge in [0, 0.05) is 5.56 Å². The third-order valence-electron chi connectivity index (χ3n) is 2.96. The maximum Gasteiger partial charge on any atom is 0.126 e. The summed E-state index contributed by atoms with van der Waals surface area (Å²) in [6, 6.07) is 4.13. The van der Waals surface area contributed by atoms with E-state index in [0.29, 0.717) is 5.75 Å². The van der Waals surface area contributed by atoms with Crippen LogP contribution >= 0.6 is 0 Å². The second kappa shape index (κ2) is 3.49. The van der Waals surface area contributed by atoms with Gasteiger partial charge in [0.15, 0.2) is 0 Å². The Kier molecular flexibility index (Phi) is 2.32. The first kappa shape index (κ1) is 9.32. The average Bonchev–Trinajstić information content (AvgIpc) is 2.18. The van der Waals surface area contributed by atoms with Gasteiger partial charge in [0.2, 0.25) is 0 Å². The molecule has 0 fully saturated rings. The number of phenols is 1. The molecule has 2 rings (SSSR count). The van der Waals surface area contributed by atoms with Crippen molar-refractivity contribution in [1.29, 1.82) is 0 Å². The molecule has 0 bridgehead atoms. The number of allylic oxidation sites excluding steroid dienone is 1. The number of hydrogen-bond donors (Lipinski definition) is 1. The maximum atomic E-state index is 10.0. The normalized spacial score (nSPS) is 14.9. The molecule has 14 heavy (non-hydrogen) atoms. The lowest BCUT2D eigenvalue weighted by Crippen LogP contribution is -2.03. The molecule has 1 aliphatic carbocycles. The van der Waals surface area contributed by atoms with Gasteiger partial charge in [-0.3, -0.25) is 0 Å². The molecule has 1 heteroatoms.